The van der Waals surface area contributed by atoms with E-state index in [9.17, 15) is 17.6 Å². The van der Waals surface area contributed by atoms with Gasteiger partial charge in [-0.15, -0.1) is 0 Å². The molecule has 1 saturated heterocycles. The van der Waals surface area contributed by atoms with Crippen molar-refractivity contribution in [1.82, 2.24) is 4.90 Å². The van der Waals surface area contributed by atoms with Crippen LogP contribution < -0.4 is 11.1 Å². The maximum atomic E-state index is 12.9. The molecule has 0 aliphatic carbocycles. The molecule has 0 spiro atoms. The third-order valence-electron chi connectivity index (χ3n) is 3.30. The Morgan fingerprint density at radius 1 is 1.33 bits per heavy atom. The number of nitrogens with two attached hydrogens (primary N) is 1. The van der Waals surface area contributed by atoms with Crippen LogP contribution in [0.1, 0.15) is 6.42 Å². The first-order valence-corrected chi connectivity index (χ1v) is 8.45. The molecule has 1 heterocycles. The van der Waals surface area contributed by atoms with Gasteiger partial charge in [0, 0.05) is 6.54 Å². The first-order valence-electron chi connectivity index (χ1n) is 6.63. The van der Waals surface area contributed by atoms with Crippen LogP contribution in [-0.2, 0) is 14.6 Å². The minimum atomic E-state index is -2.99. The fraction of sp³-hybridized carbons (Fsp3) is 0.462. The van der Waals surface area contributed by atoms with Gasteiger partial charge in [-0.2, -0.15) is 0 Å². The maximum Gasteiger partial charge on any atom is 0.238 e. The molecule has 8 heteroatoms. The van der Waals surface area contributed by atoms with Gasteiger partial charge in [0.15, 0.2) is 9.84 Å². The number of hydrogen-bond donors (Lipinski definition) is 2. The Kier molecular flexibility index (Phi) is 4.79. The number of anilines is 2. The van der Waals surface area contributed by atoms with Crippen LogP contribution >= 0.6 is 0 Å². The number of carbonyl (C=O) groups excluding carboxylic acids is 1. The SMILES string of the molecule is Nc1cc(F)ccc1NC(=O)CN1CCCS(=O)(=O)CC1. The molecule has 1 amide bonds. The number of nitrogens with one attached hydrogen (secondary N) is 1. The third-order valence-corrected chi connectivity index (χ3v) is 5.02. The molecule has 116 valence electrons. The fourth-order valence-corrected chi connectivity index (χ4v) is 3.50. The van der Waals surface area contributed by atoms with Gasteiger partial charge in [0.1, 0.15) is 5.82 Å². The lowest BCUT2D eigenvalue weighted by Gasteiger charge is -2.18. The van der Waals surface area contributed by atoms with Gasteiger partial charge in [0.25, 0.3) is 0 Å². The number of nitrogen functional groups attached to an aromatic ring is 1. The van der Waals surface area contributed by atoms with E-state index < -0.39 is 15.7 Å². The minimum Gasteiger partial charge on any atom is -0.397 e. The lowest BCUT2D eigenvalue weighted by molar-refractivity contribution is -0.117. The van der Waals surface area contributed by atoms with Crippen LogP contribution in [0.2, 0.25) is 0 Å². The molecule has 0 saturated carbocycles. The van der Waals surface area contributed by atoms with Crippen molar-refractivity contribution in [3.05, 3.63) is 24.0 Å². The Morgan fingerprint density at radius 2 is 2.10 bits per heavy atom. The topological polar surface area (TPSA) is 92.5 Å². The molecule has 0 radical (unpaired) electrons. The predicted octanol–water partition coefficient (Wildman–Crippen LogP) is 0.467. The summed E-state index contributed by atoms with van der Waals surface area (Å²) in [5, 5.41) is 2.60. The van der Waals surface area contributed by atoms with Gasteiger partial charge in [-0.1, -0.05) is 0 Å². The van der Waals surface area contributed by atoms with Crippen LogP contribution in [0.5, 0.6) is 0 Å². The third kappa shape index (κ3) is 4.68. The number of amides is 1. The van der Waals surface area contributed by atoms with Gasteiger partial charge in [-0.25, -0.2) is 12.8 Å². The molecule has 0 atom stereocenters. The summed E-state index contributed by atoms with van der Waals surface area (Å²) in [7, 11) is -2.99. The Balaban J connectivity index is 1.92. The second-order valence-electron chi connectivity index (χ2n) is 5.06. The van der Waals surface area contributed by atoms with E-state index in [0.29, 0.717) is 25.2 Å². The van der Waals surface area contributed by atoms with Gasteiger partial charge < -0.3 is 11.1 Å². The molecule has 0 aromatic heterocycles. The quantitative estimate of drug-likeness (QED) is 0.791. The van der Waals surface area contributed by atoms with Gasteiger partial charge in [-0.3, -0.25) is 9.69 Å². The van der Waals surface area contributed by atoms with E-state index in [2.05, 4.69) is 5.32 Å². The standard InChI is InChI=1S/C13H18FN3O3S/c14-10-2-3-12(11(15)8-10)16-13(18)9-17-4-1-6-21(19,20)7-5-17/h2-3,8H,1,4-7,9,15H2,(H,16,18). The highest BCUT2D eigenvalue weighted by molar-refractivity contribution is 7.91. The lowest BCUT2D eigenvalue weighted by Crippen LogP contribution is -2.35. The first kappa shape index (κ1) is 15.7. The Labute approximate surface area is 123 Å². The Bertz CT molecular complexity index is 634. The van der Waals surface area contributed by atoms with Crippen LogP contribution in [0, 0.1) is 5.82 Å². The Hall–Kier alpha value is -1.67. The average Bonchev–Trinajstić information content (AvgIpc) is 2.54. The highest BCUT2D eigenvalue weighted by Crippen LogP contribution is 2.19. The van der Waals surface area contributed by atoms with Crippen molar-refractivity contribution in [2.75, 3.05) is 42.2 Å². The summed E-state index contributed by atoms with van der Waals surface area (Å²) in [6.07, 6.45) is 0.522. The molecule has 0 bridgehead atoms. The summed E-state index contributed by atoms with van der Waals surface area (Å²) in [6.45, 7) is 0.993. The zero-order chi connectivity index (χ0) is 15.5. The molecule has 21 heavy (non-hydrogen) atoms. The number of benzene rings is 1. The molecule has 1 aliphatic heterocycles. The van der Waals surface area contributed by atoms with Crippen LogP contribution in [0.25, 0.3) is 0 Å². The predicted molar refractivity (Wildman–Crippen MR) is 79.2 cm³/mol. The number of carbonyl (C=O) groups is 1. The van der Waals surface area contributed by atoms with E-state index in [1.165, 1.54) is 12.1 Å². The molecule has 3 N–H and O–H groups in total. The van der Waals surface area contributed by atoms with Crippen molar-refractivity contribution < 1.29 is 17.6 Å². The highest BCUT2D eigenvalue weighted by Gasteiger charge is 2.20. The van der Waals surface area contributed by atoms with E-state index in [-0.39, 0.29) is 29.6 Å². The average molecular weight is 315 g/mol. The number of rotatable bonds is 3. The molecule has 6 nitrogen and oxygen atoms in total. The second kappa shape index (κ2) is 6.40. The van der Waals surface area contributed by atoms with E-state index in [1.807, 2.05) is 0 Å². The number of sulfone groups is 1. The highest BCUT2D eigenvalue weighted by atomic mass is 32.2. The summed E-state index contributed by atoms with van der Waals surface area (Å²) in [4.78, 5) is 13.7. The molecular weight excluding hydrogens is 297 g/mol. The molecule has 1 aromatic rings. The second-order valence-corrected chi connectivity index (χ2v) is 7.36. The summed E-state index contributed by atoms with van der Waals surface area (Å²) >= 11 is 0. The van der Waals surface area contributed by atoms with E-state index in [0.717, 1.165) is 6.07 Å². The molecule has 1 aliphatic rings. The summed E-state index contributed by atoms with van der Waals surface area (Å²) in [5.74, 6) is -0.537. The van der Waals surface area contributed by atoms with Crippen molar-refractivity contribution in [2.45, 2.75) is 6.42 Å². The van der Waals surface area contributed by atoms with Gasteiger partial charge in [-0.05, 0) is 31.2 Å². The van der Waals surface area contributed by atoms with Crippen LogP contribution in [0.15, 0.2) is 18.2 Å². The molecule has 0 unspecified atom stereocenters. The smallest absolute Gasteiger partial charge is 0.238 e. The maximum absolute atomic E-state index is 12.9. The van der Waals surface area contributed by atoms with Crippen molar-refractivity contribution in [3.8, 4) is 0 Å². The van der Waals surface area contributed by atoms with Crippen molar-refractivity contribution in [1.29, 1.82) is 0 Å². The van der Waals surface area contributed by atoms with Crippen LogP contribution in [0.4, 0.5) is 15.8 Å². The van der Waals surface area contributed by atoms with Crippen LogP contribution in [0.3, 0.4) is 0 Å². The number of halogens is 1. The van der Waals surface area contributed by atoms with Gasteiger partial charge in [0.05, 0.1) is 29.4 Å². The minimum absolute atomic E-state index is 0.0684. The van der Waals surface area contributed by atoms with Gasteiger partial charge in [0.2, 0.25) is 5.91 Å². The lowest BCUT2D eigenvalue weighted by atomic mass is 10.2. The summed E-state index contributed by atoms with van der Waals surface area (Å²) in [6, 6.07) is 3.74. The van der Waals surface area contributed by atoms with Gasteiger partial charge >= 0.3 is 0 Å². The molecular formula is C13H18FN3O3S. The van der Waals surface area contributed by atoms with E-state index in [4.69, 9.17) is 5.73 Å². The number of nitrogens with zero attached hydrogens (tertiary/aromatic N) is 1. The fourth-order valence-electron chi connectivity index (χ4n) is 2.19. The van der Waals surface area contributed by atoms with Crippen molar-refractivity contribution in [2.24, 2.45) is 0 Å². The summed E-state index contributed by atoms with van der Waals surface area (Å²) < 4.78 is 35.9. The van der Waals surface area contributed by atoms with E-state index in [1.54, 1.807) is 4.90 Å². The normalized spacial score (nSPS) is 18.9. The molecule has 2 rings (SSSR count). The van der Waals surface area contributed by atoms with Crippen molar-refractivity contribution >= 4 is 27.1 Å². The zero-order valence-corrected chi connectivity index (χ0v) is 12.3. The molecule has 1 fully saturated rings. The first-order chi connectivity index (χ1) is 9.85. The number of hydrogen-bond acceptors (Lipinski definition) is 5. The molecule has 1 aromatic carbocycles. The van der Waals surface area contributed by atoms with E-state index >= 15 is 0 Å². The Morgan fingerprint density at radius 3 is 2.81 bits per heavy atom. The largest absolute Gasteiger partial charge is 0.397 e. The summed E-state index contributed by atoms with van der Waals surface area (Å²) in [5.41, 5.74) is 6.12. The van der Waals surface area contributed by atoms with Crippen LogP contribution in [-0.4, -0.2) is 50.4 Å². The van der Waals surface area contributed by atoms with Crippen molar-refractivity contribution in [3.63, 3.8) is 0 Å². The monoisotopic (exact) mass is 315 g/mol. The zero-order valence-electron chi connectivity index (χ0n) is 11.5.